The molecule has 2 aromatic carbocycles. The van der Waals surface area contributed by atoms with Crippen molar-refractivity contribution >= 4 is 27.5 Å². The van der Waals surface area contributed by atoms with E-state index < -0.39 is 22.0 Å². The van der Waals surface area contributed by atoms with Crippen LogP contribution in [0.25, 0.3) is 0 Å². The smallest absolute Gasteiger partial charge is 0.244 e. The van der Waals surface area contributed by atoms with Crippen molar-refractivity contribution in [2.24, 2.45) is 0 Å². The first kappa shape index (κ1) is 24.8. The number of nitrogens with zero attached hydrogens (tertiary/aromatic N) is 2. The maximum Gasteiger partial charge on any atom is 0.244 e. The van der Waals surface area contributed by atoms with Gasteiger partial charge >= 0.3 is 0 Å². The van der Waals surface area contributed by atoms with E-state index in [-0.39, 0.29) is 25.0 Å². The Morgan fingerprint density at radius 1 is 1.06 bits per heavy atom. The van der Waals surface area contributed by atoms with Gasteiger partial charge in [0.05, 0.1) is 11.9 Å². The van der Waals surface area contributed by atoms with Crippen LogP contribution in [0.15, 0.2) is 54.6 Å². The quantitative estimate of drug-likeness (QED) is 0.608. The Kier molecular flexibility index (Phi) is 8.13. The summed E-state index contributed by atoms with van der Waals surface area (Å²) in [5.41, 5.74) is 2.18. The first-order valence-corrected chi connectivity index (χ1v) is 13.2. The first-order chi connectivity index (χ1) is 15.6. The molecule has 0 heterocycles. The van der Waals surface area contributed by atoms with Crippen molar-refractivity contribution in [1.29, 1.82) is 0 Å². The van der Waals surface area contributed by atoms with Crippen molar-refractivity contribution in [2.45, 2.75) is 58.2 Å². The molecule has 1 aliphatic carbocycles. The Balaban J connectivity index is 1.85. The summed E-state index contributed by atoms with van der Waals surface area (Å²) in [4.78, 5) is 27.9. The van der Waals surface area contributed by atoms with Gasteiger partial charge in [-0.2, -0.15) is 0 Å². The van der Waals surface area contributed by atoms with Gasteiger partial charge < -0.3 is 10.2 Å². The minimum atomic E-state index is -3.72. The van der Waals surface area contributed by atoms with Crippen molar-refractivity contribution in [3.05, 3.63) is 65.7 Å². The van der Waals surface area contributed by atoms with Crippen molar-refractivity contribution in [1.82, 2.24) is 10.2 Å². The van der Waals surface area contributed by atoms with Crippen molar-refractivity contribution in [3.8, 4) is 0 Å². The fourth-order valence-electron chi connectivity index (χ4n) is 4.15. The van der Waals surface area contributed by atoms with Crippen LogP contribution < -0.4 is 9.62 Å². The van der Waals surface area contributed by atoms with Gasteiger partial charge in [-0.15, -0.1) is 0 Å². The van der Waals surface area contributed by atoms with E-state index in [1.165, 1.54) is 4.90 Å². The molecule has 1 atom stereocenters. The molecule has 1 fully saturated rings. The fourth-order valence-corrected chi connectivity index (χ4v) is 4.99. The second-order valence-corrected chi connectivity index (χ2v) is 10.7. The standard InChI is InChI=1S/C25H33N3O4S/c1-19-10-9-15-23(16-19)28(33(3,31)32)18-24(29)27(17-21-11-5-4-6-12-21)20(2)25(30)26-22-13-7-8-14-22/h4-6,9-12,15-16,20,22H,7-8,13-14,17-18H2,1-3H3,(H,26,30)/t20-/m1/s1. The molecule has 1 N–H and O–H groups in total. The predicted molar refractivity (Wildman–Crippen MR) is 130 cm³/mol. The molecule has 7 nitrogen and oxygen atoms in total. The average molecular weight is 472 g/mol. The molecule has 0 unspecified atom stereocenters. The SMILES string of the molecule is Cc1cccc(N(CC(=O)N(Cc2ccccc2)[C@H](C)C(=O)NC2CCCC2)S(C)(=O)=O)c1. The third-order valence-electron chi connectivity index (χ3n) is 6.03. The van der Waals surface area contributed by atoms with Crippen molar-refractivity contribution < 1.29 is 18.0 Å². The van der Waals surface area contributed by atoms with Crippen LogP contribution in [0.1, 0.15) is 43.7 Å². The number of hydrogen-bond acceptors (Lipinski definition) is 4. The molecule has 33 heavy (non-hydrogen) atoms. The number of sulfonamides is 1. The molecule has 0 saturated heterocycles. The van der Waals surface area contributed by atoms with E-state index in [0.29, 0.717) is 5.69 Å². The van der Waals surface area contributed by atoms with E-state index in [1.54, 1.807) is 25.1 Å². The Labute approximate surface area is 196 Å². The fraction of sp³-hybridized carbons (Fsp3) is 0.440. The van der Waals surface area contributed by atoms with Crippen LogP contribution in [0, 0.1) is 6.92 Å². The highest BCUT2D eigenvalue weighted by atomic mass is 32.2. The zero-order chi connectivity index (χ0) is 24.0. The van der Waals surface area contributed by atoms with Crippen LogP contribution in [0.2, 0.25) is 0 Å². The number of aryl methyl sites for hydroxylation is 1. The van der Waals surface area contributed by atoms with Gasteiger partial charge in [0.2, 0.25) is 21.8 Å². The highest BCUT2D eigenvalue weighted by molar-refractivity contribution is 7.92. The first-order valence-electron chi connectivity index (χ1n) is 11.3. The topological polar surface area (TPSA) is 86.8 Å². The van der Waals surface area contributed by atoms with Gasteiger partial charge in [0, 0.05) is 12.6 Å². The maximum absolute atomic E-state index is 13.5. The van der Waals surface area contributed by atoms with Crippen LogP contribution in [0.4, 0.5) is 5.69 Å². The van der Waals surface area contributed by atoms with Crippen molar-refractivity contribution in [2.75, 3.05) is 17.1 Å². The Bertz CT molecular complexity index is 1070. The van der Waals surface area contributed by atoms with Crippen LogP contribution >= 0.6 is 0 Å². The number of amides is 2. The van der Waals surface area contributed by atoms with Crippen LogP contribution in [0.5, 0.6) is 0 Å². The van der Waals surface area contributed by atoms with Crippen molar-refractivity contribution in [3.63, 3.8) is 0 Å². The number of hydrogen-bond donors (Lipinski definition) is 1. The lowest BCUT2D eigenvalue weighted by Gasteiger charge is -2.32. The maximum atomic E-state index is 13.5. The number of carbonyl (C=O) groups is 2. The summed E-state index contributed by atoms with van der Waals surface area (Å²) in [6, 6.07) is 15.8. The Morgan fingerprint density at radius 2 is 1.73 bits per heavy atom. The largest absolute Gasteiger partial charge is 0.352 e. The monoisotopic (exact) mass is 471 g/mol. The lowest BCUT2D eigenvalue weighted by molar-refractivity contribution is -0.139. The molecule has 1 aliphatic rings. The van der Waals surface area contributed by atoms with Gasteiger partial charge in [0.25, 0.3) is 0 Å². The summed E-state index contributed by atoms with van der Waals surface area (Å²) in [5.74, 6) is -0.646. The zero-order valence-corrected chi connectivity index (χ0v) is 20.3. The number of benzene rings is 2. The van der Waals surface area contributed by atoms with Gasteiger partial charge in [0.15, 0.2) is 0 Å². The summed E-state index contributed by atoms with van der Waals surface area (Å²) in [6.45, 7) is 3.39. The summed E-state index contributed by atoms with van der Waals surface area (Å²) in [5, 5.41) is 3.06. The molecule has 2 aromatic rings. The van der Waals surface area contributed by atoms with Gasteiger partial charge in [-0.3, -0.25) is 13.9 Å². The summed E-state index contributed by atoms with van der Waals surface area (Å²) in [7, 11) is -3.72. The lowest BCUT2D eigenvalue weighted by atomic mass is 10.1. The second kappa shape index (κ2) is 10.8. The molecule has 3 rings (SSSR count). The molecular weight excluding hydrogens is 438 g/mol. The molecule has 0 spiro atoms. The number of anilines is 1. The highest BCUT2D eigenvalue weighted by Crippen LogP contribution is 2.21. The number of nitrogens with one attached hydrogen (secondary N) is 1. The molecule has 0 radical (unpaired) electrons. The van der Waals surface area contributed by atoms with E-state index in [0.717, 1.165) is 47.4 Å². The van der Waals surface area contributed by atoms with Gasteiger partial charge in [-0.05, 0) is 49.9 Å². The second-order valence-electron chi connectivity index (χ2n) is 8.78. The third kappa shape index (κ3) is 6.81. The van der Waals surface area contributed by atoms with Gasteiger partial charge in [-0.1, -0.05) is 55.3 Å². The molecular formula is C25H33N3O4S. The van der Waals surface area contributed by atoms with Crippen LogP contribution in [0.3, 0.4) is 0 Å². The van der Waals surface area contributed by atoms with Crippen LogP contribution in [-0.4, -0.2) is 50.0 Å². The molecule has 0 aromatic heterocycles. The van der Waals surface area contributed by atoms with Crippen LogP contribution in [-0.2, 0) is 26.2 Å². The lowest BCUT2D eigenvalue weighted by Crippen LogP contribution is -2.52. The molecule has 8 heteroatoms. The highest BCUT2D eigenvalue weighted by Gasteiger charge is 2.31. The average Bonchev–Trinajstić information content (AvgIpc) is 3.28. The van der Waals surface area contributed by atoms with E-state index in [9.17, 15) is 18.0 Å². The van der Waals surface area contributed by atoms with Gasteiger partial charge in [0.1, 0.15) is 12.6 Å². The minimum absolute atomic E-state index is 0.133. The Morgan fingerprint density at radius 3 is 2.33 bits per heavy atom. The summed E-state index contributed by atoms with van der Waals surface area (Å²) >= 11 is 0. The molecule has 1 saturated carbocycles. The van der Waals surface area contributed by atoms with E-state index in [1.807, 2.05) is 43.3 Å². The molecule has 178 valence electrons. The third-order valence-corrected chi connectivity index (χ3v) is 7.17. The van der Waals surface area contributed by atoms with E-state index >= 15 is 0 Å². The summed E-state index contributed by atoms with van der Waals surface area (Å²) < 4.78 is 26.2. The van der Waals surface area contributed by atoms with E-state index in [2.05, 4.69) is 5.32 Å². The minimum Gasteiger partial charge on any atom is -0.352 e. The molecule has 0 aliphatic heterocycles. The normalized spacial score (nSPS) is 15.1. The van der Waals surface area contributed by atoms with E-state index in [4.69, 9.17) is 0 Å². The molecule has 2 amide bonds. The number of carbonyl (C=O) groups excluding carboxylic acids is 2. The Hall–Kier alpha value is -2.87. The van der Waals surface area contributed by atoms with Gasteiger partial charge in [-0.25, -0.2) is 8.42 Å². The summed E-state index contributed by atoms with van der Waals surface area (Å²) in [6.07, 6.45) is 5.15. The number of rotatable bonds is 9. The zero-order valence-electron chi connectivity index (χ0n) is 19.5. The predicted octanol–water partition coefficient (Wildman–Crippen LogP) is 3.24. The molecule has 0 bridgehead atoms.